The van der Waals surface area contributed by atoms with Crippen molar-refractivity contribution < 1.29 is 4.79 Å². The third-order valence-corrected chi connectivity index (χ3v) is 10.7. The quantitative estimate of drug-likeness (QED) is 0.306. The first-order chi connectivity index (χ1) is 21.3. The van der Waals surface area contributed by atoms with Gasteiger partial charge >= 0.3 is 0 Å². The SMILES string of the molecule is CC(C)Nc1cc(-c2ccc3cc(C#N)cnn23)ccc1C1=NN=C(C2C[C@H]3CC[C@@H](C2)C3NC(=O)C2(C)CCCCC2)C1. The Labute approximate surface area is 260 Å². The Balaban J connectivity index is 1.05. The monoisotopic (exact) mass is 589 g/mol. The maximum Gasteiger partial charge on any atom is 0.226 e. The summed E-state index contributed by atoms with van der Waals surface area (Å²) in [5.74, 6) is 1.80. The minimum Gasteiger partial charge on any atom is -0.382 e. The molecule has 0 radical (unpaired) electrons. The zero-order chi connectivity index (χ0) is 30.4. The molecule has 0 saturated heterocycles. The van der Waals surface area contributed by atoms with E-state index in [0.717, 1.165) is 65.8 Å². The van der Waals surface area contributed by atoms with Gasteiger partial charge in [0.2, 0.25) is 5.91 Å². The number of hydrogen-bond acceptors (Lipinski definition) is 6. The van der Waals surface area contributed by atoms with Crippen LogP contribution in [-0.4, -0.2) is 39.0 Å². The normalized spacial score (nSPS) is 25.9. The topological polar surface area (TPSA) is 107 Å². The van der Waals surface area contributed by atoms with E-state index in [1.165, 1.54) is 37.8 Å². The van der Waals surface area contributed by atoms with E-state index in [9.17, 15) is 10.1 Å². The lowest BCUT2D eigenvalue weighted by molar-refractivity contribution is -0.133. The van der Waals surface area contributed by atoms with Crippen molar-refractivity contribution in [3.8, 4) is 17.3 Å². The minimum absolute atomic E-state index is 0.184. The van der Waals surface area contributed by atoms with Gasteiger partial charge in [0, 0.05) is 52.4 Å². The van der Waals surface area contributed by atoms with Crippen LogP contribution in [0.15, 0.2) is 52.8 Å². The Morgan fingerprint density at radius 2 is 1.82 bits per heavy atom. The molecule has 1 amide bonds. The molecule has 3 saturated carbocycles. The highest BCUT2D eigenvalue weighted by atomic mass is 16.2. The molecule has 2 unspecified atom stereocenters. The van der Waals surface area contributed by atoms with E-state index >= 15 is 0 Å². The first kappa shape index (κ1) is 28.8. The second kappa shape index (κ2) is 11.5. The molecule has 3 heterocycles. The third kappa shape index (κ3) is 5.31. The van der Waals surface area contributed by atoms with E-state index in [4.69, 9.17) is 10.2 Å². The Morgan fingerprint density at radius 1 is 1.05 bits per heavy atom. The van der Waals surface area contributed by atoms with Crippen molar-refractivity contribution in [3.63, 3.8) is 0 Å². The summed E-state index contributed by atoms with van der Waals surface area (Å²) < 4.78 is 1.88. The van der Waals surface area contributed by atoms with Crippen molar-refractivity contribution in [1.82, 2.24) is 14.9 Å². The molecule has 4 aliphatic rings. The molecule has 7 rings (SSSR count). The molecule has 3 aliphatic carbocycles. The van der Waals surface area contributed by atoms with Crippen molar-refractivity contribution in [3.05, 3.63) is 53.7 Å². The van der Waals surface area contributed by atoms with Crippen LogP contribution >= 0.6 is 0 Å². The maximum atomic E-state index is 13.4. The van der Waals surface area contributed by atoms with Crippen LogP contribution < -0.4 is 10.6 Å². The average molecular weight is 590 g/mol. The van der Waals surface area contributed by atoms with Gasteiger partial charge in [0.1, 0.15) is 6.07 Å². The van der Waals surface area contributed by atoms with Crippen LogP contribution in [0.5, 0.6) is 0 Å². The molecule has 8 nitrogen and oxygen atoms in total. The molecule has 44 heavy (non-hydrogen) atoms. The number of rotatable bonds is 7. The fourth-order valence-corrected chi connectivity index (χ4v) is 8.33. The first-order valence-electron chi connectivity index (χ1n) is 16.5. The molecule has 2 N–H and O–H groups in total. The molecule has 228 valence electrons. The molecule has 1 aromatic carbocycles. The summed E-state index contributed by atoms with van der Waals surface area (Å²) in [5.41, 5.74) is 7.63. The lowest BCUT2D eigenvalue weighted by Crippen LogP contribution is -2.51. The van der Waals surface area contributed by atoms with E-state index in [-0.39, 0.29) is 11.5 Å². The first-order valence-corrected chi connectivity index (χ1v) is 16.5. The number of aromatic nitrogens is 2. The van der Waals surface area contributed by atoms with Gasteiger partial charge in [-0.1, -0.05) is 38.3 Å². The number of benzene rings is 1. The summed E-state index contributed by atoms with van der Waals surface area (Å²) in [7, 11) is 0. The number of nitrogens with one attached hydrogen (secondary N) is 2. The van der Waals surface area contributed by atoms with Crippen molar-refractivity contribution in [2.45, 2.75) is 97.1 Å². The summed E-state index contributed by atoms with van der Waals surface area (Å²) in [6.07, 6.45) is 12.6. The fraction of sp³-hybridized carbons (Fsp3) is 0.528. The van der Waals surface area contributed by atoms with Gasteiger partial charge in [0.05, 0.1) is 28.7 Å². The van der Waals surface area contributed by atoms with Crippen molar-refractivity contribution >= 4 is 28.5 Å². The predicted molar refractivity (Wildman–Crippen MR) is 175 cm³/mol. The summed E-state index contributed by atoms with van der Waals surface area (Å²) >= 11 is 0. The number of fused-ring (bicyclic) bond motifs is 3. The lowest BCUT2D eigenvalue weighted by Gasteiger charge is -2.39. The number of hydrogen-bond donors (Lipinski definition) is 2. The van der Waals surface area contributed by atoms with Gasteiger partial charge in [0.15, 0.2) is 0 Å². The standard InChI is InChI=1S/C36H43N7O/c1-22(2)39-31-18-24(33-12-10-28-15-23(20-37)21-38-43(28)33)9-11-29(31)32-19-30(41-42-32)27-16-25-7-8-26(17-27)34(25)40-35(44)36(3)13-5-4-6-14-36/h9-12,15,18,21-22,25-27,34,39H,4-8,13-14,16-17,19H2,1-3H3,(H,40,44)/t25-,26+,27?,34?. The van der Waals surface area contributed by atoms with Gasteiger partial charge in [-0.05, 0) is 88.5 Å². The minimum atomic E-state index is -0.184. The van der Waals surface area contributed by atoms with Gasteiger partial charge in [-0.15, -0.1) is 0 Å². The fourth-order valence-electron chi connectivity index (χ4n) is 8.33. The number of carbonyl (C=O) groups is 1. The predicted octanol–water partition coefficient (Wildman–Crippen LogP) is 7.13. The maximum absolute atomic E-state index is 13.4. The number of carbonyl (C=O) groups excluding carboxylic acids is 1. The van der Waals surface area contributed by atoms with E-state index in [2.05, 4.69) is 66.8 Å². The Kier molecular flexibility index (Phi) is 7.52. The zero-order valence-electron chi connectivity index (χ0n) is 26.1. The molecule has 3 fully saturated rings. The second-order valence-electron chi connectivity index (χ2n) is 14.2. The Hall–Kier alpha value is -3.99. The van der Waals surface area contributed by atoms with Crippen LogP contribution in [0.4, 0.5) is 5.69 Å². The van der Waals surface area contributed by atoms with E-state index in [0.29, 0.717) is 35.3 Å². The molecular weight excluding hydrogens is 546 g/mol. The molecule has 0 spiro atoms. The number of amides is 1. The summed E-state index contributed by atoms with van der Waals surface area (Å²) in [6, 6.07) is 15.1. The van der Waals surface area contributed by atoms with Crippen LogP contribution in [-0.2, 0) is 4.79 Å². The van der Waals surface area contributed by atoms with E-state index in [1.807, 2.05) is 16.6 Å². The molecule has 8 heteroatoms. The number of nitriles is 1. The Morgan fingerprint density at radius 3 is 2.55 bits per heavy atom. The van der Waals surface area contributed by atoms with Crippen LogP contribution in [0.25, 0.3) is 16.8 Å². The average Bonchev–Trinajstić information content (AvgIpc) is 3.73. The van der Waals surface area contributed by atoms with E-state index in [1.54, 1.807) is 6.20 Å². The molecule has 1 aliphatic heterocycles. The van der Waals surface area contributed by atoms with Gasteiger partial charge in [-0.3, -0.25) is 4.79 Å². The number of anilines is 1. The van der Waals surface area contributed by atoms with Gasteiger partial charge < -0.3 is 10.6 Å². The number of nitrogens with zero attached hydrogens (tertiary/aromatic N) is 5. The van der Waals surface area contributed by atoms with E-state index < -0.39 is 0 Å². The smallest absolute Gasteiger partial charge is 0.226 e. The van der Waals surface area contributed by atoms with Crippen molar-refractivity contribution in [2.24, 2.45) is 33.4 Å². The summed E-state index contributed by atoms with van der Waals surface area (Å²) in [6.45, 7) is 6.47. The molecule has 2 aromatic heterocycles. The third-order valence-electron chi connectivity index (χ3n) is 10.7. The van der Waals surface area contributed by atoms with Gasteiger partial charge in [-0.25, -0.2) is 4.52 Å². The summed E-state index contributed by atoms with van der Waals surface area (Å²) in [4.78, 5) is 13.4. The Bertz CT molecular complexity index is 1670. The van der Waals surface area contributed by atoms with Crippen LogP contribution in [0, 0.1) is 34.5 Å². The van der Waals surface area contributed by atoms with Gasteiger partial charge in [0.25, 0.3) is 0 Å². The van der Waals surface area contributed by atoms with Crippen molar-refractivity contribution in [2.75, 3.05) is 5.32 Å². The highest BCUT2D eigenvalue weighted by Crippen LogP contribution is 2.47. The van der Waals surface area contributed by atoms with Gasteiger partial charge in [-0.2, -0.15) is 20.6 Å². The highest BCUT2D eigenvalue weighted by Gasteiger charge is 2.47. The van der Waals surface area contributed by atoms with Crippen LogP contribution in [0.1, 0.15) is 96.1 Å². The molecule has 3 aromatic rings. The molecule has 2 bridgehead atoms. The van der Waals surface area contributed by atoms with Crippen LogP contribution in [0.2, 0.25) is 0 Å². The largest absolute Gasteiger partial charge is 0.382 e. The summed E-state index contributed by atoms with van der Waals surface area (Å²) in [5, 5.41) is 30.5. The lowest BCUT2D eigenvalue weighted by atomic mass is 9.72. The van der Waals surface area contributed by atoms with Crippen molar-refractivity contribution in [1.29, 1.82) is 5.26 Å². The molecule has 4 atom stereocenters. The zero-order valence-corrected chi connectivity index (χ0v) is 26.1. The molecular formula is C36H43N7O. The van der Waals surface area contributed by atoms with Crippen LogP contribution in [0.3, 0.4) is 0 Å². The highest BCUT2D eigenvalue weighted by molar-refractivity contribution is 6.18. The second-order valence-corrected chi connectivity index (χ2v) is 14.2.